The number of allylic oxidation sites excluding steroid dienone is 8. The molecular weight excluding hydrogens is 853 g/mol. The standard InChI is InChI=1S/C63H114O6/c1-4-7-10-13-16-19-22-25-28-30-31-33-35-38-41-44-47-50-53-56-62(65)68-59-60(58-67-61(64)55-52-49-46-43-40-37-34-27-24-21-18-15-12-9-6-3)69-63(66)57-54-51-48-45-42-39-36-32-29-26-23-20-17-14-11-8-5-2/h18,21,25-29,34,60H,4-17,19-20,22-24,30-33,35-59H2,1-3H3/b21-18+,28-25+,29-26+,34-27+/t60-/m1/s1. The predicted molar refractivity (Wildman–Crippen MR) is 298 cm³/mol. The monoisotopic (exact) mass is 967 g/mol. The Morgan fingerprint density at radius 3 is 0.841 bits per heavy atom. The second-order valence-corrected chi connectivity index (χ2v) is 20.2. The van der Waals surface area contributed by atoms with E-state index in [2.05, 4.69) is 69.4 Å². The van der Waals surface area contributed by atoms with Gasteiger partial charge in [0.15, 0.2) is 6.10 Å². The first-order valence-corrected chi connectivity index (χ1v) is 30.1. The van der Waals surface area contributed by atoms with Gasteiger partial charge in [0.2, 0.25) is 0 Å². The van der Waals surface area contributed by atoms with E-state index in [1.54, 1.807) is 0 Å². The van der Waals surface area contributed by atoms with Gasteiger partial charge in [0.25, 0.3) is 0 Å². The number of hydrogen-bond acceptors (Lipinski definition) is 6. The van der Waals surface area contributed by atoms with Crippen molar-refractivity contribution in [3.05, 3.63) is 48.6 Å². The van der Waals surface area contributed by atoms with E-state index in [9.17, 15) is 14.4 Å². The van der Waals surface area contributed by atoms with E-state index >= 15 is 0 Å². The molecular formula is C63H114O6. The third-order valence-corrected chi connectivity index (χ3v) is 13.3. The molecule has 1 atom stereocenters. The van der Waals surface area contributed by atoms with E-state index in [4.69, 9.17) is 14.2 Å². The van der Waals surface area contributed by atoms with Crippen molar-refractivity contribution in [2.24, 2.45) is 0 Å². The Morgan fingerprint density at radius 1 is 0.290 bits per heavy atom. The molecule has 0 aromatic rings. The Bertz CT molecular complexity index is 1200. The zero-order valence-corrected chi connectivity index (χ0v) is 46.1. The lowest BCUT2D eigenvalue weighted by molar-refractivity contribution is -0.167. The SMILES string of the molecule is CCCCC/C=C/C/C=C/CCCCCCCC(=O)OC[C@H](COC(=O)CCCCCCCCCCC/C=C/CCCCCCCC)OC(=O)CCCCCCCCC/C=C/CCCCCCCC. The highest BCUT2D eigenvalue weighted by Gasteiger charge is 2.19. The van der Waals surface area contributed by atoms with Crippen LogP contribution in [0.25, 0.3) is 0 Å². The van der Waals surface area contributed by atoms with Crippen LogP contribution in [0.3, 0.4) is 0 Å². The average Bonchev–Trinajstić information content (AvgIpc) is 3.35. The van der Waals surface area contributed by atoms with E-state index in [-0.39, 0.29) is 31.1 Å². The lowest BCUT2D eigenvalue weighted by atomic mass is 10.1. The van der Waals surface area contributed by atoms with E-state index < -0.39 is 6.10 Å². The summed E-state index contributed by atoms with van der Waals surface area (Å²) in [6.07, 6.45) is 71.0. The maximum absolute atomic E-state index is 12.9. The Balaban J connectivity index is 4.37. The Morgan fingerprint density at radius 2 is 0.522 bits per heavy atom. The highest BCUT2D eigenvalue weighted by Crippen LogP contribution is 2.16. The summed E-state index contributed by atoms with van der Waals surface area (Å²) in [5, 5.41) is 0. The number of esters is 3. The molecule has 6 heteroatoms. The Kier molecular flexibility index (Phi) is 55.7. The van der Waals surface area contributed by atoms with Gasteiger partial charge in [-0.15, -0.1) is 0 Å². The third-order valence-electron chi connectivity index (χ3n) is 13.3. The molecule has 0 rings (SSSR count). The first-order chi connectivity index (χ1) is 34.0. The fourth-order valence-electron chi connectivity index (χ4n) is 8.70. The summed E-state index contributed by atoms with van der Waals surface area (Å²) < 4.78 is 16.9. The summed E-state index contributed by atoms with van der Waals surface area (Å²) in [5.41, 5.74) is 0. The zero-order valence-electron chi connectivity index (χ0n) is 46.1. The van der Waals surface area contributed by atoms with Crippen LogP contribution < -0.4 is 0 Å². The van der Waals surface area contributed by atoms with Gasteiger partial charge in [-0.2, -0.15) is 0 Å². The summed E-state index contributed by atoms with van der Waals surface area (Å²) in [6.45, 7) is 6.63. The van der Waals surface area contributed by atoms with Crippen LogP contribution in [0.2, 0.25) is 0 Å². The van der Waals surface area contributed by atoms with Gasteiger partial charge in [-0.1, -0.05) is 243 Å². The van der Waals surface area contributed by atoms with Gasteiger partial charge < -0.3 is 14.2 Å². The smallest absolute Gasteiger partial charge is 0.306 e. The molecule has 6 nitrogen and oxygen atoms in total. The van der Waals surface area contributed by atoms with Gasteiger partial charge in [0.1, 0.15) is 13.2 Å². The number of carbonyl (C=O) groups excluding carboxylic acids is 3. The van der Waals surface area contributed by atoms with Crippen molar-refractivity contribution in [3.8, 4) is 0 Å². The molecule has 0 fully saturated rings. The largest absolute Gasteiger partial charge is 0.462 e. The van der Waals surface area contributed by atoms with Crippen LogP contribution in [0.1, 0.15) is 316 Å². The molecule has 0 aliphatic rings. The molecule has 0 aliphatic carbocycles. The molecule has 0 amide bonds. The maximum atomic E-state index is 12.9. The summed E-state index contributed by atoms with van der Waals surface area (Å²) in [6, 6.07) is 0. The van der Waals surface area contributed by atoms with E-state index in [1.165, 1.54) is 199 Å². The number of unbranched alkanes of at least 4 members (excludes halogenated alkanes) is 36. The van der Waals surface area contributed by atoms with Gasteiger partial charge in [-0.25, -0.2) is 0 Å². The fraction of sp³-hybridized carbons (Fsp3) is 0.825. The molecule has 0 aromatic heterocycles. The van der Waals surface area contributed by atoms with Crippen molar-refractivity contribution < 1.29 is 28.6 Å². The molecule has 0 N–H and O–H groups in total. The number of carbonyl (C=O) groups is 3. The van der Waals surface area contributed by atoms with Gasteiger partial charge in [0, 0.05) is 19.3 Å². The second kappa shape index (κ2) is 57.9. The van der Waals surface area contributed by atoms with Gasteiger partial charge in [-0.3, -0.25) is 14.4 Å². The number of rotatable bonds is 55. The summed E-state index contributed by atoms with van der Waals surface area (Å²) in [7, 11) is 0. The first kappa shape index (κ1) is 66.4. The minimum Gasteiger partial charge on any atom is -0.462 e. The molecule has 0 saturated heterocycles. The third kappa shape index (κ3) is 56.2. The van der Waals surface area contributed by atoms with Crippen LogP contribution in [-0.4, -0.2) is 37.2 Å². The normalized spacial score (nSPS) is 12.3. The van der Waals surface area contributed by atoms with Crippen LogP contribution in [0.4, 0.5) is 0 Å². The summed E-state index contributed by atoms with van der Waals surface area (Å²) >= 11 is 0. The lowest BCUT2D eigenvalue weighted by Gasteiger charge is -2.18. The van der Waals surface area contributed by atoms with Crippen molar-refractivity contribution in [3.63, 3.8) is 0 Å². The Labute approximate surface area is 428 Å². The van der Waals surface area contributed by atoms with E-state index in [0.717, 1.165) is 77.0 Å². The molecule has 0 aliphatic heterocycles. The molecule has 402 valence electrons. The highest BCUT2D eigenvalue weighted by atomic mass is 16.6. The van der Waals surface area contributed by atoms with Crippen molar-refractivity contribution in [2.75, 3.05) is 13.2 Å². The molecule has 0 saturated carbocycles. The Hall–Kier alpha value is -2.63. The molecule has 0 heterocycles. The quantitative estimate of drug-likeness (QED) is 0.0262. The van der Waals surface area contributed by atoms with Crippen LogP contribution in [0.15, 0.2) is 48.6 Å². The molecule has 69 heavy (non-hydrogen) atoms. The van der Waals surface area contributed by atoms with Crippen molar-refractivity contribution in [1.29, 1.82) is 0 Å². The molecule has 0 unspecified atom stereocenters. The van der Waals surface area contributed by atoms with E-state index in [0.29, 0.717) is 19.3 Å². The molecule has 0 spiro atoms. The van der Waals surface area contributed by atoms with Crippen molar-refractivity contribution in [2.45, 2.75) is 322 Å². The van der Waals surface area contributed by atoms with Crippen molar-refractivity contribution >= 4 is 17.9 Å². The van der Waals surface area contributed by atoms with Crippen LogP contribution in [0, 0.1) is 0 Å². The second-order valence-electron chi connectivity index (χ2n) is 20.2. The number of ether oxygens (including phenoxy) is 3. The lowest BCUT2D eigenvalue weighted by Crippen LogP contribution is -2.30. The van der Waals surface area contributed by atoms with Crippen molar-refractivity contribution in [1.82, 2.24) is 0 Å². The number of hydrogen-bond donors (Lipinski definition) is 0. The molecule has 0 radical (unpaired) electrons. The fourth-order valence-corrected chi connectivity index (χ4v) is 8.70. The van der Waals surface area contributed by atoms with Gasteiger partial charge >= 0.3 is 17.9 Å². The minimum atomic E-state index is -0.782. The van der Waals surface area contributed by atoms with Gasteiger partial charge in [0.05, 0.1) is 0 Å². The summed E-state index contributed by atoms with van der Waals surface area (Å²) in [4.78, 5) is 38.2. The topological polar surface area (TPSA) is 78.9 Å². The van der Waals surface area contributed by atoms with Crippen LogP contribution in [0.5, 0.6) is 0 Å². The predicted octanol–water partition coefficient (Wildman–Crippen LogP) is 20.2. The maximum Gasteiger partial charge on any atom is 0.306 e. The highest BCUT2D eigenvalue weighted by molar-refractivity contribution is 5.71. The zero-order chi connectivity index (χ0) is 50.0. The van der Waals surface area contributed by atoms with Crippen LogP contribution in [-0.2, 0) is 28.6 Å². The molecule has 0 bridgehead atoms. The molecule has 0 aromatic carbocycles. The van der Waals surface area contributed by atoms with Crippen LogP contribution >= 0.6 is 0 Å². The minimum absolute atomic E-state index is 0.0787. The van der Waals surface area contributed by atoms with Gasteiger partial charge in [-0.05, 0) is 103 Å². The summed E-state index contributed by atoms with van der Waals surface area (Å²) in [5.74, 6) is -0.884. The van der Waals surface area contributed by atoms with E-state index in [1.807, 2.05) is 0 Å². The first-order valence-electron chi connectivity index (χ1n) is 30.1. The average molecular weight is 968 g/mol.